The number of guanidine groups is 1. The molecule has 1 unspecified atom stereocenters. The van der Waals surface area contributed by atoms with Gasteiger partial charge in [-0.2, -0.15) is 0 Å². The van der Waals surface area contributed by atoms with Crippen molar-refractivity contribution in [2.75, 3.05) is 13.1 Å². The molecule has 2 heterocycles. The number of halogens is 1. The molecule has 6 nitrogen and oxygen atoms in total. The summed E-state index contributed by atoms with van der Waals surface area (Å²) in [6, 6.07) is 7.81. The van der Waals surface area contributed by atoms with Gasteiger partial charge in [0.15, 0.2) is 5.96 Å². The number of pyridine rings is 1. The zero-order chi connectivity index (χ0) is 19.8. The number of nitrogens with zero attached hydrogens (tertiary/aromatic N) is 2. The van der Waals surface area contributed by atoms with Crippen LogP contribution in [0.3, 0.4) is 0 Å². The first-order chi connectivity index (χ1) is 13.6. The lowest BCUT2D eigenvalue weighted by molar-refractivity contribution is 0.0655. The predicted octanol–water partition coefficient (Wildman–Crippen LogP) is 4.05. The number of hydrogen-bond donors (Lipinski definition) is 3. The van der Waals surface area contributed by atoms with Gasteiger partial charge in [0.1, 0.15) is 11.7 Å². The van der Waals surface area contributed by atoms with Gasteiger partial charge in [0.05, 0.1) is 13.1 Å². The van der Waals surface area contributed by atoms with Gasteiger partial charge in [0, 0.05) is 23.7 Å². The molecular weight excluding hydrogens is 499 g/mol. The van der Waals surface area contributed by atoms with Crippen LogP contribution >= 0.6 is 35.3 Å². The van der Waals surface area contributed by atoms with Gasteiger partial charge in [-0.25, -0.2) is 9.98 Å². The second-order valence-electron chi connectivity index (χ2n) is 7.33. The molecule has 1 saturated carbocycles. The van der Waals surface area contributed by atoms with Crippen LogP contribution in [0.5, 0.6) is 5.88 Å². The minimum Gasteiger partial charge on any atom is -0.474 e. The fourth-order valence-corrected chi connectivity index (χ4v) is 3.98. The standard InChI is InChI=1S/C21H30N4O2S.HI/c1-3-22-20(25-15-21(2,26)18-9-6-12-28-18)24-14-16-10-11-19(23-13-16)27-17-7-4-5-8-17;/h6,9-13,17,26H,3-5,7-8,14-15H2,1-2H3,(H2,22,24,25);1H. The third-order valence-electron chi connectivity index (χ3n) is 4.80. The first kappa shape index (κ1) is 23.9. The smallest absolute Gasteiger partial charge is 0.213 e. The molecule has 3 N–H and O–H groups in total. The molecule has 0 aromatic carbocycles. The Bertz CT molecular complexity index is 745. The first-order valence-corrected chi connectivity index (χ1v) is 10.8. The molecular formula is C21H31IN4O2S. The lowest BCUT2D eigenvalue weighted by Crippen LogP contribution is -2.44. The molecule has 8 heteroatoms. The largest absolute Gasteiger partial charge is 0.474 e. The number of thiophene rings is 1. The van der Waals surface area contributed by atoms with Crippen molar-refractivity contribution < 1.29 is 9.84 Å². The van der Waals surface area contributed by atoms with Crippen molar-refractivity contribution in [1.29, 1.82) is 0 Å². The first-order valence-electron chi connectivity index (χ1n) is 9.97. The zero-order valence-electron chi connectivity index (χ0n) is 17.1. The van der Waals surface area contributed by atoms with Crippen molar-refractivity contribution in [2.24, 2.45) is 4.99 Å². The molecule has 160 valence electrons. The van der Waals surface area contributed by atoms with Gasteiger partial charge in [-0.1, -0.05) is 12.1 Å². The number of aliphatic hydroxyl groups is 1. The van der Waals surface area contributed by atoms with Gasteiger partial charge >= 0.3 is 0 Å². The van der Waals surface area contributed by atoms with E-state index >= 15 is 0 Å². The van der Waals surface area contributed by atoms with Crippen molar-refractivity contribution >= 4 is 41.3 Å². The Morgan fingerprint density at radius 2 is 2.10 bits per heavy atom. The molecule has 1 fully saturated rings. The fourth-order valence-electron chi connectivity index (χ4n) is 3.19. The number of aliphatic imine (C=N–C) groups is 1. The maximum atomic E-state index is 10.7. The predicted molar refractivity (Wildman–Crippen MR) is 129 cm³/mol. The van der Waals surface area contributed by atoms with E-state index < -0.39 is 5.60 Å². The Hall–Kier alpha value is -1.39. The van der Waals surface area contributed by atoms with Crippen LogP contribution in [-0.2, 0) is 12.1 Å². The van der Waals surface area contributed by atoms with Crippen LogP contribution in [0.25, 0.3) is 0 Å². The van der Waals surface area contributed by atoms with Gasteiger partial charge in [-0.05, 0) is 56.5 Å². The summed E-state index contributed by atoms with van der Waals surface area (Å²) < 4.78 is 5.91. The van der Waals surface area contributed by atoms with Crippen LogP contribution in [0.4, 0.5) is 0 Å². The Morgan fingerprint density at radius 1 is 1.31 bits per heavy atom. The van der Waals surface area contributed by atoms with Gasteiger partial charge in [-0.15, -0.1) is 35.3 Å². The highest BCUT2D eigenvalue weighted by Gasteiger charge is 2.24. The topological polar surface area (TPSA) is 78.8 Å². The number of ether oxygens (including phenoxy) is 1. The lowest BCUT2D eigenvalue weighted by atomic mass is 10.1. The van der Waals surface area contributed by atoms with Gasteiger partial charge in [-0.3, -0.25) is 0 Å². The molecule has 2 aromatic rings. The van der Waals surface area contributed by atoms with Crippen molar-refractivity contribution in [2.45, 2.75) is 57.8 Å². The maximum absolute atomic E-state index is 10.7. The maximum Gasteiger partial charge on any atom is 0.213 e. The molecule has 0 radical (unpaired) electrons. The Kier molecular flexibility index (Phi) is 9.64. The summed E-state index contributed by atoms with van der Waals surface area (Å²) >= 11 is 1.55. The van der Waals surface area contributed by atoms with Crippen molar-refractivity contribution in [3.63, 3.8) is 0 Å². The van der Waals surface area contributed by atoms with E-state index in [1.807, 2.05) is 49.7 Å². The molecule has 1 aliphatic carbocycles. The van der Waals surface area contributed by atoms with Crippen LogP contribution in [-0.4, -0.2) is 35.2 Å². The quantitative estimate of drug-likeness (QED) is 0.273. The van der Waals surface area contributed by atoms with E-state index in [2.05, 4.69) is 20.6 Å². The van der Waals surface area contributed by atoms with Crippen LogP contribution < -0.4 is 15.4 Å². The normalized spacial score (nSPS) is 16.7. The van der Waals surface area contributed by atoms with Crippen LogP contribution in [0.2, 0.25) is 0 Å². The molecule has 0 bridgehead atoms. The van der Waals surface area contributed by atoms with Gasteiger partial charge in [0.25, 0.3) is 0 Å². The van der Waals surface area contributed by atoms with Crippen LogP contribution in [0.1, 0.15) is 50.0 Å². The summed E-state index contributed by atoms with van der Waals surface area (Å²) in [5.41, 5.74) is 0.0755. The summed E-state index contributed by atoms with van der Waals surface area (Å²) in [5.74, 6) is 1.36. The second kappa shape index (κ2) is 11.7. The van der Waals surface area contributed by atoms with E-state index in [0.29, 0.717) is 31.0 Å². The SMILES string of the molecule is CCNC(=NCc1ccc(OC2CCCC2)nc1)NCC(C)(O)c1cccs1.I. The van der Waals surface area contributed by atoms with Crippen molar-refractivity contribution in [3.8, 4) is 5.88 Å². The highest BCUT2D eigenvalue weighted by Crippen LogP contribution is 2.24. The average Bonchev–Trinajstić information content (AvgIpc) is 3.39. The monoisotopic (exact) mass is 530 g/mol. The summed E-state index contributed by atoms with van der Waals surface area (Å²) in [6.07, 6.45) is 6.88. The van der Waals surface area contributed by atoms with Crippen molar-refractivity contribution in [3.05, 3.63) is 46.3 Å². The highest BCUT2D eigenvalue weighted by atomic mass is 127. The molecule has 0 spiro atoms. The Balaban J connectivity index is 0.00000300. The molecule has 0 aliphatic heterocycles. The number of hydrogen-bond acceptors (Lipinski definition) is 5. The van der Waals surface area contributed by atoms with Crippen molar-refractivity contribution in [1.82, 2.24) is 15.6 Å². The fraction of sp³-hybridized carbons (Fsp3) is 0.524. The highest BCUT2D eigenvalue weighted by molar-refractivity contribution is 14.0. The molecule has 2 aromatic heterocycles. The second-order valence-corrected chi connectivity index (χ2v) is 8.28. The summed E-state index contributed by atoms with van der Waals surface area (Å²) in [6.45, 7) is 5.46. The molecule has 1 aliphatic rings. The minimum atomic E-state index is -0.939. The lowest BCUT2D eigenvalue weighted by Gasteiger charge is -2.23. The molecule has 0 amide bonds. The van der Waals surface area contributed by atoms with E-state index in [4.69, 9.17) is 4.74 Å². The van der Waals surface area contributed by atoms with E-state index in [0.717, 1.165) is 29.8 Å². The minimum absolute atomic E-state index is 0. The molecule has 0 saturated heterocycles. The number of rotatable bonds is 8. The van der Waals surface area contributed by atoms with Gasteiger partial charge in [0.2, 0.25) is 5.88 Å². The number of nitrogens with one attached hydrogen (secondary N) is 2. The van der Waals surface area contributed by atoms with Crippen LogP contribution in [0.15, 0.2) is 40.8 Å². The Labute approximate surface area is 194 Å². The Morgan fingerprint density at radius 3 is 2.72 bits per heavy atom. The third-order valence-corrected chi connectivity index (χ3v) is 5.93. The molecule has 29 heavy (non-hydrogen) atoms. The van der Waals surface area contributed by atoms with E-state index in [9.17, 15) is 5.11 Å². The zero-order valence-corrected chi connectivity index (χ0v) is 20.2. The summed E-state index contributed by atoms with van der Waals surface area (Å²) in [5, 5.41) is 19.1. The number of aromatic nitrogens is 1. The van der Waals surface area contributed by atoms with E-state index in [1.165, 1.54) is 12.8 Å². The van der Waals surface area contributed by atoms with E-state index in [1.54, 1.807) is 11.3 Å². The molecule has 3 rings (SSSR count). The summed E-state index contributed by atoms with van der Waals surface area (Å²) in [4.78, 5) is 9.95. The van der Waals surface area contributed by atoms with E-state index in [-0.39, 0.29) is 24.0 Å². The third kappa shape index (κ3) is 7.42. The molecule has 1 atom stereocenters. The van der Waals surface area contributed by atoms with Gasteiger partial charge < -0.3 is 20.5 Å². The van der Waals surface area contributed by atoms with Crippen LogP contribution in [0, 0.1) is 0 Å². The summed E-state index contributed by atoms with van der Waals surface area (Å²) in [7, 11) is 0. The average molecular weight is 530 g/mol.